The molecule has 3 nitrogen and oxygen atoms in total. The zero-order chi connectivity index (χ0) is 9.84. The molecule has 1 fully saturated rings. The lowest BCUT2D eigenvalue weighted by Gasteiger charge is -2.28. The van der Waals surface area contributed by atoms with Gasteiger partial charge in [-0.3, -0.25) is 0 Å². The van der Waals surface area contributed by atoms with E-state index in [9.17, 15) is 4.79 Å². The van der Waals surface area contributed by atoms with Crippen LogP contribution in [0.3, 0.4) is 0 Å². The predicted molar refractivity (Wildman–Crippen MR) is 53.6 cm³/mol. The normalized spacial score (nSPS) is 28.2. The molecule has 0 aliphatic heterocycles. The highest BCUT2D eigenvalue weighted by Crippen LogP contribution is 2.23. The van der Waals surface area contributed by atoms with E-state index in [4.69, 9.17) is 0 Å². The van der Waals surface area contributed by atoms with Crippen LogP contribution in [0.15, 0.2) is 0 Å². The van der Waals surface area contributed by atoms with Gasteiger partial charge in [0, 0.05) is 20.1 Å². The molecule has 0 spiro atoms. The predicted octanol–water partition coefficient (Wildman–Crippen LogP) is 1.84. The van der Waals surface area contributed by atoms with Gasteiger partial charge in [-0.05, 0) is 18.8 Å². The van der Waals surface area contributed by atoms with Crippen molar-refractivity contribution >= 4 is 6.03 Å². The van der Waals surface area contributed by atoms with Gasteiger partial charge in [0.2, 0.25) is 0 Å². The van der Waals surface area contributed by atoms with Crippen molar-refractivity contribution in [2.45, 2.75) is 38.6 Å². The third-order valence-corrected chi connectivity index (χ3v) is 2.67. The Bertz CT molecular complexity index is 180. The number of hydrogen-bond acceptors (Lipinski definition) is 1. The van der Waals surface area contributed by atoms with Crippen molar-refractivity contribution in [3.05, 3.63) is 0 Å². The van der Waals surface area contributed by atoms with Gasteiger partial charge in [0.15, 0.2) is 0 Å². The fraction of sp³-hybridized carbons (Fsp3) is 0.900. The highest BCUT2D eigenvalue weighted by atomic mass is 16.2. The Labute approximate surface area is 80.5 Å². The third-order valence-electron chi connectivity index (χ3n) is 2.67. The molecule has 0 unspecified atom stereocenters. The molecule has 0 radical (unpaired) electrons. The first-order valence-corrected chi connectivity index (χ1v) is 5.07. The monoisotopic (exact) mass is 184 g/mol. The molecule has 2 atom stereocenters. The molecule has 1 aliphatic carbocycles. The molecule has 3 heteroatoms. The molecule has 0 aromatic rings. The van der Waals surface area contributed by atoms with Crippen LogP contribution >= 0.6 is 0 Å². The lowest BCUT2D eigenvalue weighted by atomic mass is 9.87. The van der Waals surface area contributed by atoms with E-state index in [1.165, 1.54) is 12.8 Å². The molecule has 1 rings (SSSR count). The van der Waals surface area contributed by atoms with Crippen LogP contribution in [-0.4, -0.2) is 31.1 Å². The number of carbonyl (C=O) groups excluding carboxylic acids is 1. The Morgan fingerprint density at radius 3 is 2.62 bits per heavy atom. The smallest absolute Gasteiger partial charge is 0.317 e. The summed E-state index contributed by atoms with van der Waals surface area (Å²) in [6.07, 6.45) is 4.84. The van der Waals surface area contributed by atoms with Crippen molar-refractivity contribution in [3.8, 4) is 0 Å². The van der Waals surface area contributed by atoms with E-state index >= 15 is 0 Å². The second-order valence-corrected chi connectivity index (χ2v) is 4.31. The Kier molecular flexibility index (Phi) is 3.58. The Hall–Kier alpha value is -0.730. The van der Waals surface area contributed by atoms with Gasteiger partial charge in [-0.1, -0.05) is 19.8 Å². The molecule has 1 N–H and O–H groups in total. The van der Waals surface area contributed by atoms with E-state index in [1.54, 1.807) is 19.0 Å². The van der Waals surface area contributed by atoms with Gasteiger partial charge in [0.05, 0.1) is 0 Å². The molecular weight excluding hydrogens is 164 g/mol. The summed E-state index contributed by atoms with van der Waals surface area (Å²) >= 11 is 0. The lowest BCUT2D eigenvalue weighted by Crippen LogP contribution is -2.43. The number of amides is 2. The summed E-state index contributed by atoms with van der Waals surface area (Å²) in [4.78, 5) is 12.9. The van der Waals surface area contributed by atoms with Gasteiger partial charge in [-0.2, -0.15) is 0 Å². The molecule has 76 valence electrons. The van der Waals surface area contributed by atoms with E-state index in [-0.39, 0.29) is 6.03 Å². The van der Waals surface area contributed by atoms with Crippen LogP contribution in [-0.2, 0) is 0 Å². The molecular formula is C10H20N2O. The minimum atomic E-state index is 0.0408. The van der Waals surface area contributed by atoms with Gasteiger partial charge in [0.25, 0.3) is 0 Å². The van der Waals surface area contributed by atoms with E-state index in [2.05, 4.69) is 12.2 Å². The lowest BCUT2D eigenvalue weighted by molar-refractivity contribution is 0.204. The molecule has 1 aliphatic rings. The van der Waals surface area contributed by atoms with E-state index < -0.39 is 0 Å². The van der Waals surface area contributed by atoms with Gasteiger partial charge in [-0.25, -0.2) is 4.79 Å². The van der Waals surface area contributed by atoms with Crippen molar-refractivity contribution < 1.29 is 4.79 Å². The second-order valence-electron chi connectivity index (χ2n) is 4.31. The average Bonchev–Trinajstić information content (AvgIpc) is 2.04. The first-order chi connectivity index (χ1) is 6.09. The van der Waals surface area contributed by atoms with Crippen LogP contribution in [0.1, 0.15) is 32.6 Å². The van der Waals surface area contributed by atoms with Crippen LogP contribution in [0.4, 0.5) is 4.79 Å². The Morgan fingerprint density at radius 2 is 2.08 bits per heavy atom. The summed E-state index contributed by atoms with van der Waals surface area (Å²) < 4.78 is 0. The van der Waals surface area contributed by atoms with Crippen molar-refractivity contribution in [3.63, 3.8) is 0 Å². The second kappa shape index (κ2) is 4.49. The Morgan fingerprint density at radius 1 is 1.38 bits per heavy atom. The topological polar surface area (TPSA) is 32.3 Å². The van der Waals surface area contributed by atoms with E-state index in [1.807, 2.05) is 0 Å². The average molecular weight is 184 g/mol. The zero-order valence-corrected chi connectivity index (χ0v) is 8.84. The van der Waals surface area contributed by atoms with Gasteiger partial charge < -0.3 is 10.2 Å². The number of nitrogens with one attached hydrogen (secondary N) is 1. The summed E-state index contributed by atoms with van der Waals surface area (Å²) in [6.45, 7) is 2.26. The van der Waals surface area contributed by atoms with Crippen molar-refractivity contribution in [2.75, 3.05) is 14.1 Å². The summed E-state index contributed by atoms with van der Waals surface area (Å²) in [5.41, 5.74) is 0. The van der Waals surface area contributed by atoms with Crippen molar-refractivity contribution in [1.82, 2.24) is 10.2 Å². The minimum absolute atomic E-state index is 0.0408. The number of carbonyl (C=O) groups is 1. The van der Waals surface area contributed by atoms with Gasteiger partial charge >= 0.3 is 6.03 Å². The maximum atomic E-state index is 11.3. The molecule has 0 aromatic heterocycles. The summed E-state index contributed by atoms with van der Waals surface area (Å²) in [7, 11) is 3.56. The molecule has 0 aromatic carbocycles. The minimum Gasteiger partial charge on any atom is -0.335 e. The molecule has 0 saturated heterocycles. The first-order valence-electron chi connectivity index (χ1n) is 5.07. The number of nitrogens with zero attached hydrogens (tertiary/aromatic N) is 1. The van der Waals surface area contributed by atoms with Crippen molar-refractivity contribution in [1.29, 1.82) is 0 Å². The number of urea groups is 1. The number of hydrogen-bond donors (Lipinski definition) is 1. The highest BCUT2D eigenvalue weighted by Gasteiger charge is 2.20. The first kappa shape index (κ1) is 10.4. The Balaban J connectivity index is 2.31. The molecule has 1 saturated carbocycles. The SMILES string of the molecule is C[C@@H]1CCC[C@@H](NC(=O)N(C)C)C1. The summed E-state index contributed by atoms with van der Waals surface area (Å²) in [5, 5.41) is 3.04. The van der Waals surface area contributed by atoms with Crippen LogP contribution in [0, 0.1) is 5.92 Å². The zero-order valence-electron chi connectivity index (χ0n) is 8.84. The highest BCUT2D eigenvalue weighted by molar-refractivity contribution is 5.73. The molecule has 0 heterocycles. The maximum Gasteiger partial charge on any atom is 0.317 e. The van der Waals surface area contributed by atoms with Crippen LogP contribution in [0.2, 0.25) is 0 Å². The fourth-order valence-corrected chi connectivity index (χ4v) is 1.87. The van der Waals surface area contributed by atoms with Crippen molar-refractivity contribution in [2.24, 2.45) is 5.92 Å². The fourth-order valence-electron chi connectivity index (χ4n) is 1.87. The van der Waals surface area contributed by atoms with Gasteiger partial charge in [0.1, 0.15) is 0 Å². The summed E-state index contributed by atoms with van der Waals surface area (Å²) in [5.74, 6) is 0.765. The van der Waals surface area contributed by atoms with E-state index in [0.717, 1.165) is 18.8 Å². The van der Waals surface area contributed by atoms with Crippen LogP contribution in [0.25, 0.3) is 0 Å². The molecule has 0 bridgehead atoms. The van der Waals surface area contributed by atoms with Gasteiger partial charge in [-0.15, -0.1) is 0 Å². The molecule has 13 heavy (non-hydrogen) atoms. The quantitative estimate of drug-likeness (QED) is 0.662. The third kappa shape index (κ3) is 3.25. The van der Waals surface area contributed by atoms with Crippen LogP contribution in [0.5, 0.6) is 0 Å². The van der Waals surface area contributed by atoms with E-state index in [0.29, 0.717) is 6.04 Å². The maximum absolute atomic E-state index is 11.3. The molecule has 2 amide bonds. The van der Waals surface area contributed by atoms with Crippen LogP contribution < -0.4 is 5.32 Å². The number of rotatable bonds is 1. The summed E-state index contributed by atoms with van der Waals surface area (Å²) in [6, 6.07) is 0.442. The largest absolute Gasteiger partial charge is 0.335 e. The standard InChI is InChI=1S/C10H20N2O/c1-8-5-4-6-9(7-8)11-10(13)12(2)3/h8-9H,4-7H2,1-3H3,(H,11,13)/t8-,9-/m1/s1.